The summed E-state index contributed by atoms with van der Waals surface area (Å²) >= 11 is 0. The van der Waals surface area contributed by atoms with E-state index in [2.05, 4.69) is 32.6 Å². The lowest BCUT2D eigenvalue weighted by atomic mass is 9.89. The molecule has 3 unspecified atom stereocenters. The summed E-state index contributed by atoms with van der Waals surface area (Å²) < 4.78 is 0. The number of hydrogen-bond donors (Lipinski definition) is 0. The van der Waals surface area contributed by atoms with E-state index in [9.17, 15) is 4.79 Å². The van der Waals surface area contributed by atoms with Crippen molar-refractivity contribution in [1.29, 1.82) is 0 Å². The highest BCUT2D eigenvalue weighted by atomic mass is 16.1. The van der Waals surface area contributed by atoms with Crippen LogP contribution in [0.3, 0.4) is 0 Å². The van der Waals surface area contributed by atoms with Crippen molar-refractivity contribution in [2.45, 2.75) is 65.8 Å². The summed E-state index contributed by atoms with van der Waals surface area (Å²) in [4.78, 5) is 14.2. The molecule has 0 N–H and O–H groups in total. The number of carbonyl (C=O) groups excluding carboxylic acids is 1. The van der Waals surface area contributed by atoms with Gasteiger partial charge in [0.15, 0.2) is 0 Å². The van der Waals surface area contributed by atoms with Gasteiger partial charge >= 0.3 is 0 Å². The van der Waals surface area contributed by atoms with Crippen LogP contribution in [-0.4, -0.2) is 29.8 Å². The molecule has 3 atom stereocenters. The van der Waals surface area contributed by atoms with Crippen LogP contribution in [-0.2, 0) is 4.79 Å². The third-order valence-corrected chi connectivity index (χ3v) is 4.49. The Labute approximate surface area is 107 Å². The molecule has 1 rings (SSSR count). The lowest BCUT2D eigenvalue weighted by molar-refractivity contribution is -0.128. The van der Waals surface area contributed by atoms with Crippen LogP contribution in [0.1, 0.15) is 59.8 Å². The smallest absolute Gasteiger partial charge is 0.138 e. The summed E-state index contributed by atoms with van der Waals surface area (Å²) in [5.74, 6) is 1.50. The van der Waals surface area contributed by atoms with E-state index in [0.717, 1.165) is 18.9 Å². The molecule has 1 aliphatic rings. The van der Waals surface area contributed by atoms with Crippen molar-refractivity contribution in [3.63, 3.8) is 0 Å². The van der Waals surface area contributed by atoms with Gasteiger partial charge in [-0.25, -0.2) is 0 Å². The van der Waals surface area contributed by atoms with Crippen molar-refractivity contribution < 1.29 is 4.79 Å². The van der Waals surface area contributed by atoms with E-state index >= 15 is 0 Å². The van der Waals surface area contributed by atoms with Crippen molar-refractivity contribution in [3.05, 3.63) is 0 Å². The minimum atomic E-state index is 0.229. The molecule has 17 heavy (non-hydrogen) atoms. The summed E-state index contributed by atoms with van der Waals surface area (Å²) in [6, 6.07) is 0.437. The van der Waals surface area contributed by atoms with Gasteiger partial charge in [0.2, 0.25) is 0 Å². The molecule has 2 nitrogen and oxygen atoms in total. The summed E-state index contributed by atoms with van der Waals surface area (Å²) in [5.41, 5.74) is 0. The third kappa shape index (κ3) is 4.09. The first-order valence-electron chi connectivity index (χ1n) is 7.36. The zero-order valence-electron chi connectivity index (χ0n) is 12.0. The molecule has 2 heteroatoms. The van der Waals surface area contributed by atoms with Crippen molar-refractivity contribution in [3.8, 4) is 0 Å². The van der Waals surface area contributed by atoms with E-state index in [0.29, 0.717) is 11.8 Å². The zero-order chi connectivity index (χ0) is 12.8. The van der Waals surface area contributed by atoms with Crippen molar-refractivity contribution in [1.82, 2.24) is 4.90 Å². The Morgan fingerprint density at radius 1 is 1.35 bits per heavy atom. The molecule has 1 heterocycles. The number of rotatable bonds is 6. The second-order valence-corrected chi connectivity index (χ2v) is 5.66. The van der Waals surface area contributed by atoms with E-state index < -0.39 is 0 Å². The average Bonchev–Trinajstić information content (AvgIpc) is 2.34. The number of likely N-dealkylation sites (tertiary alicyclic amines) is 1. The highest BCUT2D eigenvalue weighted by Crippen LogP contribution is 2.23. The van der Waals surface area contributed by atoms with Crippen LogP contribution in [0, 0.1) is 11.8 Å². The van der Waals surface area contributed by atoms with Crippen molar-refractivity contribution in [2.24, 2.45) is 11.8 Å². The maximum Gasteiger partial charge on any atom is 0.138 e. The van der Waals surface area contributed by atoms with Gasteiger partial charge in [0.05, 0.1) is 0 Å². The number of piperidine rings is 1. The Balaban J connectivity index is 2.46. The van der Waals surface area contributed by atoms with Gasteiger partial charge in [-0.15, -0.1) is 0 Å². The average molecular weight is 239 g/mol. The van der Waals surface area contributed by atoms with Gasteiger partial charge in [-0.3, -0.25) is 9.69 Å². The molecule has 0 radical (unpaired) electrons. The predicted octanol–water partition coefficient (Wildman–Crippen LogP) is 3.50. The quantitative estimate of drug-likeness (QED) is 0.707. The number of unbranched alkanes of at least 4 members (excludes halogenated alkanes) is 1. The van der Waals surface area contributed by atoms with Crippen LogP contribution in [0.15, 0.2) is 0 Å². The standard InChI is InChI=1S/C15H29NO/c1-5-7-8-14(6-2)11-16-10-9-15(17)12(3)13(16)4/h12-14H,5-11H2,1-4H3. The Morgan fingerprint density at radius 2 is 2.06 bits per heavy atom. The first kappa shape index (κ1) is 14.7. The van der Waals surface area contributed by atoms with Crippen LogP contribution in [0.4, 0.5) is 0 Å². The first-order chi connectivity index (χ1) is 8.10. The lowest BCUT2D eigenvalue weighted by Crippen LogP contribution is -2.48. The molecule has 100 valence electrons. The number of nitrogens with zero attached hydrogens (tertiary/aromatic N) is 1. The van der Waals surface area contributed by atoms with Crippen molar-refractivity contribution >= 4 is 5.78 Å². The number of ketones is 1. The fourth-order valence-corrected chi connectivity index (χ4v) is 2.78. The van der Waals surface area contributed by atoms with Crippen LogP contribution in [0.2, 0.25) is 0 Å². The monoisotopic (exact) mass is 239 g/mol. The van der Waals surface area contributed by atoms with Crippen molar-refractivity contribution in [2.75, 3.05) is 13.1 Å². The van der Waals surface area contributed by atoms with Gasteiger partial charge < -0.3 is 0 Å². The third-order valence-electron chi connectivity index (χ3n) is 4.49. The van der Waals surface area contributed by atoms with Gasteiger partial charge in [0, 0.05) is 31.5 Å². The van der Waals surface area contributed by atoms with E-state index in [1.807, 2.05) is 0 Å². The highest BCUT2D eigenvalue weighted by Gasteiger charge is 2.31. The number of Topliss-reactive ketones (excluding diaryl/α,β-unsaturated/α-hetero) is 1. The summed E-state index contributed by atoms with van der Waals surface area (Å²) in [5, 5.41) is 0. The molecule has 0 aromatic rings. The Bertz CT molecular complexity index is 239. The molecule has 1 fully saturated rings. The van der Waals surface area contributed by atoms with E-state index in [4.69, 9.17) is 0 Å². The molecule has 1 saturated heterocycles. The highest BCUT2D eigenvalue weighted by molar-refractivity contribution is 5.82. The molecule has 0 aromatic heterocycles. The number of carbonyl (C=O) groups is 1. The predicted molar refractivity (Wildman–Crippen MR) is 73.1 cm³/mol. The summed E-state index contributed by atoms with van der Waals surface area (Å²) in [7, 11) is 0. The second-order valence-electron chi connectivity index (χ2n) is 5.66. The molecule has 0 spiro atoms. The molecule has 0 aromatic carbocycles. The molecule has 0 saturated carbocycles. The summed E-state index contributed by atoms with van der Waals surface area (Å²) in [6.07, 6.45) is 6.01. The van der Waals surface area contributed by atoms with E-state index in [1.54, 1.807) is 0 Å². The normalized spacial score (nSPS) is 28.4. The SMILES string of the molecule is CCCCC(CC)CN1CCC(=O)C(C)C1C. The molecule has 0 aliphatic carbocycles. The van der Waals surface area contributed by atoms with E-state index in [1.165, 1.54) is 32.2 Å². The fraction of sp³-hybridized carbons (Fsp3) is 0.933. The Kier molecular flexibility index (Phi) is 6.18. The minimum absolute atomic E-state index is 0.229. The molecular formula is C15H29NO. The van der Waals surface area contributed by atoms with Crippen LogP contribution in [0.25, 0.3) is 0 Å². The van der Waals surface area contributed by atoms with Gasteiger partial charge in [-0.2, -0.15) is 0 Å². The second kappa shape index (κ2) is 7.15. The largest absolute Gasteiger partial charge is 0.299 e. The first-order valence-corrected chi connectivity index (χ1v) is 7.36. The Hall–Kier alpha value is -0.370. The lowest BCUT2D eigenvalue weighted by Gasteiger charge is -2.38. The van der Waals surface area contributed by atoms with Crippen LogP contribution < -0.4 is 0 Å². The van der Waals surface area contributed by atoms with Gasteiger partial charge in [0.25, 0.3) is 0 Å². The van der Waals surface area contributed by atoms with Crippen LogP contribution >= 0.6 is 0 Å². The molecule has 0 amide bonds. The molecule has 1 aliphatic heterocycles. The topological polar surface area (TPSA) is 20.3 Å². The summed E-state index contributed by atoms with van der Waals surface area (Å²) in [6.45, 7) is 11.0. The fourth-order valence-electron chi connectivity index (χ4n) is 2.78. The molecule has 0 bridgehead atoms. The maximum absolute atomic E-state index is 11.7. The number of hydrogen-bond acceptors (Lipinski definition) is 2. The molecular weight excluding hydrogens is 210 g/mol. The zero-order valence-corrected chi connectivity index (χ0v) is 12.0. The maximum atomic E-state index is 11.7. The van der Waals surface area contributed by atoms with E-state index in [-0.39, 0.29) is 5.92 Å². The van der Waals surface area contributed by atoms with Gasteiger partial charge in [-0.1, -0.05) is 40.0 Å². The Morgan fingerprint density at radius 3 is 2.65 bits per heavy atom. The van der Waals surface area contributed by atoms with Crippen LogP contribution in [0.5, 0.6) is 0 Å². The van der Waals surface area contributed by atoms with Gasteiger partial charge in [-0.05, 0) is 19.3 Å². The minimum Gasteiger partial charge on any atom is -0.299 e. The van der Waals surface area contributed by atoms with Gasteiger partial charge in [0.1, 0.15) is 5.78 Å².